The summed E-state index contributed by atoms with van der Waals surface area (Å²) in [5.41, 5.74) is 6.40. The Morgan fingerprint density at radius 2 is 1.76 bits per heavy atom. The quantitative estimate of drug-likeness (QED) is 0.367. The van der Waals surface area contributed by atoms with Crippen molar-refractivity contribution in [2.75, 3.05) is 11.9 Å². The monoisotopic (exact) mass is 488 g/mol. The van der Waals surface area contributed by atoms with Crippen LogP contribution >= 0.6 is 11.3 Å². The van der Waals surface area contributed by atoms with Crippen LogP contribution in [0.5, 0.6) is 5.75 Å². The number of amides is 2. The van der Waals surface area contributed by atoms with E-state index in [1.54, 1.807) is 31.4 Å². The summed E-state index contributed by atoms with van der Waals surface area (Å²) in [6.07, 6.45) is 0. The van der Waals surface area contributed by atoms with Crippen molar-refractivity contribution >= 4 is 44.2 Å². The molecular formula is C22H20N2O7S2. The summed E-state index contributed by atoms with van der Waals surface area (Å²) in [5.74, 6) is -2.61. The van der Waals surface area contributed by atoms with Gasteiger partial charge in [-0.2, -0.15) is 8.42 Å². The number of hydrogen-bond acceptors (Lipinski definition) is 8. The topological polar surface area (TPSA) is 142 Å². The third kappa shape index (κ3) is 5.76. The fourth-order valence-electron chi connectivity index (χ4n) is 2.82. The van der Waals surface area contributed by atoms with Gasteiger partial charge in [-0.15, -0.1) is 11.3 Å². The predicted molar refractivity (Wildman–Crippen MR) is 122 cm³/mol. The van der Waals surface area contributed by atoms with Crippen molar-refractivity contribution in [3.8, 4) is 5.75 Å². The minimum absolute atomic E-state index is 0.0220. The Hall–Kier alpha value is -3.70. The number of rotatable bonds is 8. The molecule has 3 N–H and O–H groups in total. The summed E-state index contributed by atoms with van der Waals surface area (Å²) in [7, 11) is -4.23. The number of thiophene rings is 1. The van der Waals surface area contributed by atoms with E-state index in [4.69, 9.17) is 14.7 Å². The van der Waals surface area contributed by atoms with Gasteiger partial charge in [0, 0.05) is 0 Å². The maximum absolute atomic E-state index is 12.8. The van der Waals surface area contributed by atoms with Crippen molar-refractivity contribution < 1.29 is 31.7 Å². The van der Waals surface area contributed by atoms with Crippen LogP contribution in [0.1, 0.15) is 31.8 Å². The molecule has 3 rings (SSSR count). The molecule has 9 nitrogen and oxygen atoms in total. The number of esters is 1. The molecule has 0 saturated carbocycles. The molecule has 0 spiro atoms. The summed E-state index contributed by atoms with van der Waals surface area (Å²) in [6, 6.07) is 12.0. The number of primary amides is 1. The van der Waals surface area contributed by atoms with Gasteiger partial charge in [0.2, 0.25) is 0 Å². The van der Waals surface area contributed by atoms with E-state index in [2.05, 4.69) is 5.32 Å². The molecule has 0 aliphatic heterocycles. The molecule has 3 aromatic rings. The maximum Gasteiger partial charge on any atom is 0.342 e. The number of hydrogen-bond donors (Lipinski definition) is 2. The van der Waals surface area contributed by atoms with E-state index in [-0.39, 0.29) is 26.8 Å². The number of nitrogens with one attached hydrogen (secondary N) is 1. The fourth-order valence-corrected chi connectivity index (χ4v) is 4.89. The van der Waals surface area contributed by atoms with Crippen LogP contribution in [-0.4, -0.2) is 32.8 Å². The number of nitrogens with two attached hydrogens (primary N) is 1. The van der Waals surface area contributed by atoms with Crippen molar-refractivity contribution in [2.24, 2.45) is 5.73 Å². The molecule has 2 aromatic carbocycles. The zero-order valence-electron chi connectivity index (χ0n) is 17.7. The standard InChI is InChI=1S/C22H20N2O7S2/c1-13-7-8-14(2)18(11-13)33(28,29)31-17-6-4-3-5-15(17)22(27)30-12-19(25)24-21-16(20(23)26)9-10-32-21/h3-11H,12H2,1-2H3,(H2,23,26)(H,24,25). The molecule has 11 heteroatoms. The number of ether oxygens (including phenoxy) is 1. The maximum atomic E-state index is 12.8. The Balaban J connectivity index is 1.72. The summed E-state index contributed by atoms with van der Waals surface area (Å²) in [4.78, 5) is 36.0. The average molecular weight is 489 g/mol. The van der Waals surface area contributed by atoms with Crippen LogP contribution < -0.4 is 15.2 Å². The summed E-state index contributed by atoms with van der Waals surface area (Å²) < 4.78 is 35.8. The molecule has 0 aliphatic carbocycles. The zero-order chi connectivity index (χ0) is 24.2. The predicted octanol–water partition coefficient (Wildman–Crippen LogP) is 3.03. The summed E-state index contributed by atoms with van der Waals surface area (Å²) >= 11 is 1.09. The number of benzene rings is 2. The largest absolute Gasteiger partial charge is 0.452 e. The first-order chi connectivity index (χ1) is 15.6. The van der Waals surface area contributed by atoms with Gasteiger partial charge in [-0.25, -0.2) is 4.79 Å². The third-order valence-electron chi connectivity index (χ3n) is 4.44. The van der Waals surface area contributed by atoms with Crippen LogP contribution in [0.25, 0.3) is 0 Å². The van der Waals surface area contributed by atoms with Gasteiger partial charge in [0.25, 0.3) is 11.8 Å². The van der Waals surface area contributed by atoms with Crippen molar-refractivity contribution in [2.45, 2.75) is 18.7 Å². The first-order valence-electron chi connectivity index (χ1n) is 9.53. The summed E-state index contributed by atoms with van der Waals surface area (Å²) in [6.45, 7) is 2.70. The molecule has 33 heavy (non-hydrogen) atoms. The Morgan fingerprint density at radius 3 is 2.48 bits per heavy atom. The molecule has 2 amide bonds. The SMILES string of the molecule is Cc1ccc(C)c(S(=O)(=O)Oc2ccccc2C(=O)OCC(=O)Nc2sccc2C(N)=O)c1. The highest BCUT2D eigenvalue weighted by Gasteiger charge is 2.24. The number of para-hydroxylation sites is 1. The lowest BCUT2D eigenvalue weighted by atomic mass is 10.2. The second-order valence-corrected chi connectivity index (χ2v) is 9.39. The molecule has 1 aromatic heterocycles. The normalized spacial score (nSPS) is 11.0. The van der Waals surface area contributed by atoms with Gasteiger partial charge in [0.1, 0.15) is 15.5 Å². The lowest BCUT2D eigenvalue weighted by molar-refractivity contribution is -0.119. The molecule has 1 heterocycles. The molecule has 172 valence electrons. The number of carbonyl (C=O) groups excluding carboxylic acids is 3. The Labute approximate surface area is 194 Å². The highest BCUT2D eigenvalue weighted by molar-refractivity contribution is 7.87. The van der Waals surface area contributed by atoms with Crippen molar-refractivity contribution in [1.82, 2.24) is 0 Å². The second-order valence-electron chi connectivity index (χ2n) is 6.95. The Morgan fingerprint density at radius 1 is 1.03 bits per heavy atom. The van der Waals surface area contributed by atoms with Gasteiger partial charge in [0.05, 0.1) is 5.56 Å². The van der Waals surface area contributed by atoms with Crippen LogP contribution in [0.4, 0.5) is 5.00 Å². The Kier molecular flexibility index (Phi) is 7.14. The van der Waals surface area contributed by atoms with E-state index in [9.17, 15) is 22.8 Å². The lowest BCUT2D eigenvalue weighted by Crippen LogP contribution is -2.22. The van der Waals surface area contributed by atoms with E-state index in [0.29, 0.717) is 5.56 Å². The van der Waals surface area contributed by atoms with Crippen LogP contribution in [0.2, 0.25) is 0 Å². The average Bonchev–Trinajstić information content (AvgIpc) is 3.22. The van der Waals surface area contributed by atoms with Crippen LogP contribution in [0.3, 0.4) is 0 Å². The number of carbonyl (C=O) groups is 3. The molecule has 0 atom stereocenters. The van der Waals surface area contributed by atoms with Crippen molar-refractivity contribution in [3.05, 3.63) is 76.2 Å². The molecule has 0 fully saturated rings. The van der Waals surface area contributed by atoms with Gasteiger partial charge < -0.3 is 20.0 Å². The minimum atomic E-state index is -4.23. The molecular weight excluding hydrogens is 468 g/mol. The number of aryl methyl sites for hydroxylation is 2. The molecule has 0 aliphatic rings. The van der Waals surface area contributed by atoms with Gasteiger partial charge in [-0.05, 0) is 54.6 Å². The van der Waals surface area contributed by atoms with Crippen LogP contribution in [0.15, 0.2) is 58.8 Å². The van der Waals surface area contributed by atoms with Crippen LogP contribution in [0, 0.1) is 13.8 Å². The van der Waals surface area contributed by atoms with E-state index in [1.165, 1.54) is 36.4 Å². The van der Waals surface area contributed by atoms with Gasteiger partial charge in [-0.1, -0.05) is 24.3 Å². The van der Waals surface area contributed by atoms with Crippen LogP contribution in [-0.2, 0) is 19.6 Å². The first-order valence-corrected chi connectivity index (χ1v) is 11.8. The van der Waals surface area contributed by atoms with E-state index < -0.39 is 34.5 Å². The molecule has 0 radical (unpaired) electrons. The summed E-state index contributed by atoms with van der Waals surface area (Å²) in [5, 5.41) is 4.24. The second kappa shape index (κ2) is 9.84. The lowest BCUT2D eigenvalue weighted by Gasteiger charge is -2.13. The van der Waals surface area contributed by atoms with Crippen molar-refractivity contribution in [1.29, 1.82) is 0 Å². The highest BCUT2D eigenvalue weighted by Crippen LogP contribution is 2.26. The van der Waals surface area contributed by atoms with Gasteiger partial charge in [0.15, 0.2) is 12.4 Å². The smallest absolute Gasteiger partial charge is 0.342 e. The van der Waals surface area contributed by atoms with Gasteiger partial charge >= 0.3 is 16.1 Å². The number of anilines is 1. The van der Waals surface area contributed by atoms with Crippen molar-refractivity contribution in [3.63, 3.8) is 0 Å². The first kappa shape index (κ1) is 24.0. The molecule has 0 unspecified atom stereocenters. The minimum Gasteiger partial charge on any atom is -0.452 e. The third-order valence-corrected chi connectivity index (χ3v) is 6.64. The molecule has 0 bridgehead atoms. The van der Waals surface area contributed by atoms with E-state index in [1.807, 2.05) is 0 Å². The van der Waals surface area contributed by atoms with Gasteiger partial charge in [-0.3, -0.25) is 9.59 Å². The zero-order valence-corrected chi connectivity index (χ0v) is 19.3. The Bertz CT molecular complexity index is 1330. The van der Waals surface area contributed by atoms with E-state index in [0.717, 1.165) is 16.9 Å². The van der Waals surface area contributed by atoms with E-state index >= 15 is 0 Å². The molecule has 0 saturated heterocycles. The fraction of sp³-hybridized carbons (Fsp3) is 0.136. The highest BCUT2D eigenvalue weighted by atomic mass is 32.2.